The van der Waals surface area contributed by atoms with E-state index in [-0.39, 0.29) is 17.0 Å². The lowest BCUT2D eigenvalue weighted by molar-refractivity contribution is 0.204. The Morgan fingerprint density at radius 2 is 1.89 bits per heavy atom. The molecule has 0 aliphatic carbocycles. The molecule has 2 rings (SSSR count). The van der Waals surface area contributed by atoms with Crippen LogP contribution >= 0.6 is 15.9 Å². The van der Waals surface area contributed by atoms with Gasteiger partial charge in [0.1, 0.15) is 4.90 Å². The normalized spacial score (nSPS) is 26.2. The van der Waals surface area contributed by atoms with Crippen LogP contribution in [0.5, 0.6) is 0 Å². The molecule has 6 heteroatoms. The molecule has 1 saturated heterocycles. The summed E-state index contributed by atoms with van der Waals surface area (Å²) < 4.78 is 27.6. The zero-order valence-electron chi connectivity index (χ0n) is 10.5. The molecule has 2 heterocycles. The lowest BCUT2D eigenvalue weighted by Crippen LogP contribution is -2.47. The van der Waals surface area contributed by atoms with Crippen LogP contribution in [0.2, 0.25) is 0 Å². The second kappa shape index (κ2) is 5.27. The topological polar surface area (TPSA) is 50.3 Å². The first-order valence-corrected chi connectivity index (χ1v) is 8.30. The Labute approximate surface area is 117 Å². The second-order valence-electron chi connectivity index (χ2n) is 4.80. The molecule has 2 atom stereocenters. The highest BCUT2D eigenvalue weighted by Gasteiger charge is 2.35. The van der Waals surface area contributed by atoms with Crippen molar-refractivity contribution in [3.05, 3.63) is 22.9 Å². The number of rotatable bonds is 2. The fraction of sp³-hybridized carbons (Fsp3) is 0.583. The zero-order chi connectivity index (χ0) is 13.3. The van der Waals surface area contributed by atoms with Gasteiger partial charge >= 0.3 is 0 Å². The molecule has 1 fully saturated rings. The Kier molecular flexibility index (Phi) is 4.08. The Hall–Kier alpha value is -0.460. The Morgan fingerprint density at radius 1 is 1.28 bits per heavy atom. The quantitative estimate of drug-likeness (QED) is 0.836. The van der Waals surface area contributed by atoms with Crippen molar-refractivity contribution in [1.82, 2.24) is 9.29 Å². The first-order valence-electron chi connectivity index (χ1n) is 6.07. The van der Waals surface area contributed by atoms with E-state index in [0.717, 1.165) is 19.3 Å². The molecule has 0 bridgehead atoms. The van der Waals surface area contributed by atoms with Gasteiger partial charge in [0, 0.05) is 29.0 Å². The van der Waals surface area contributed by atoms with Gasteiger partial charge in [0.25, 0.3) is 0 Å². The summed E-state index contributed by atoms with van der Waals surface area (Å²) in [5.41, 5.74) is 0. The van der Waals surface area contributed by atoms with Gasteiger partial charge < -0.3 is 0 Å². The summed E-state index contributed by atoms with van der Waals surface area (Å²) in [5.74, 6) is 0. The Bertz CT molecular complexity index is 523. The van der Waals surface area contributed by atoms with Gasteiger partial charge in [-0.3, -0.25) is 4.98 Å². The fourth-order valence-corrected chi connectivity index (χ4v) is 4.91. The standard InChI is InChI=1S/C12H17BrN2O2S/c1-9-4-3-5-10(2)15(9)18(16,17)12-6-11(13)7-14-8-12/h6-10H,3-5H2,1-2H3/t9-,10+. The Balaban J connectivity index is 2.41. The summed E-state index contributed by atoms with van der Waals surface area (Å²) in [5, 5.41) is 0. The van der Waals surface area contributed by atoms with E-state index in [9.17, 15) is 8.42 Å². The van der Waals surface area contributed by atoms with Crippen LogP contribution in [0.4, 0.5) is 0 Å². The van der Waals surface area contributed by atoms with Crippen LogP contribution in [0, 0.1) is 0 Å². The van der Waals surface area contributed by atoms with E-state index in [1.165, 1.54) is 6.20 Å². The van der Waals surface area contributed by atoms with Crippen molar-refractivity contribution in [2.75, 3.05) is 0 Å². The summed E-state index contributed by atoms with van der Waals surface area (Å²) in [6, 6.07) is 1.71. The van der Waals surface area contributed by atoms with Gasteiger partial charge in [0.2, 0.25) is 10.0 Å². The van der Waals surface area contributed by atoms with Crippen LogP contribution in [-0.2, 0) is 10.0 Å². The highest BCUT2D eigenvalue weighted by atomic mass is 79.9. The first-order chi connectivity index (χ1) is 8.43. The molecule has 1 aromatic heterocycles. The highest BCUT2D eigenvalue weighted by Crippen LogP contribution is 2.29. The summed E-state index contributed by atoms with van der Waals surface area (Å²) >= 11 is 3.26. The number of hydrogen-bond acceptors (Lipinski definition) is 3. The lowest BCUT2D eigenvalue weighted by Gasteiger charge is -2.37. The minimum absolute atomic E-state index is 0.0535. The maximum atomic E-state index is 12.6. The number of aromatic nitrogens is 1. The third kappa shape index (κ3) is 2.60. The smallest absolute Gasteiger partial charge is 0.245 e. The number of sulfonamides is 1. The molecule has 4 nitrogen and oxygen atoms in total. The van der Waals surface area contributed by atoms with E-state index in [1.54, 1.807) is 16.6 Å². The van der Waals surface area contributed by atoms with Gasteiger partial charge in [-0.25, -0.2) is 8.42 Å². The average Bonchev–Trinajstić information content (AvgIpc) is 2.28. The van der Waals surface area contributed by atoms with Crippen molar-refractivity contribution in [3.63, 3.8) is 0 Å². The minimum atomic E-state index is -3.44. The van der Waals surface area contributed by atoms with Gasteiger partial charge in [-0.05, 0) is 48.7 Å². The maximum Gasteiger partial charge on any atom is 0.245 e. The van der Waals surface area contributed by atoms with Crippen molar-refractivity contribution in [1.29, 1.82) is 0 Å². The molecule has 0 radical (unpaired) electrons. The predicted octanol–water partition coefficient (Wildman–Crippen LogP) is 2.80. The molecule has 0 N–H and O–H groups in total. The summed E-state index contributed by atoms with van der Waals surface area (Å²) in [7, 11) is -3.44. The van der Waals surface area contributed by atoms with Gasteiger partial charge in [0.15, 0.2) is 0 Å². The number of halogens is 1. The number of pyridine rings is 1. The SMILES string of the molecule is C[C@@H]1CCC[C@H](C)N1S(=O)(=O)c1cncc(Br)c1. The molecule has 0 spiro atoms. The van der Waals surface area contributed by atoms with Crippen LogP contribution in [0.3, 0.4) is 0 Å². The molecule has 1 aliphatic heterocycles. The lowest BCUT2D eigenvalue weighted by atomic mass is 10.0. The average molecular weight is 333 g/mol. The number of piperidine rings is 1. The molecule has 18 heavy (non-hydrogen) atoms. The molecular formula is C12H17BrN2O2S. The van der Waals surface area contributed by atoms with Crippen LogP contribution in [0.15, 0.2) is 27.8 Å². The predicted molar refractivity (Wildman–Crippen MR) is 73.7 cm³/mol. The third-order valence-corrected chi connectivity index (χ3v) is 5.90. The largest absolute Gasteiger partial charge is 0.262 e. The first kappa shape index (κ1) is 14.0. The fourth-order valence-electron chi connectivity index (χ4n) is 2.53. The van der Waals surface area contributed by atoms with E-state index in [1.807, 2.05) is 13.8 Å². The maximum absolute atomic E-state index is 12.6. The third-order valence-electron chi connectivity index (χ3n) is 3.37. The van der Waals surface area contributed by atoms with Gasteiger partial charge in [-0.1, -0.05) is 6.42 Å². The molecule has 0 amide bonds. The van der Waals surface area contributed by atoms with Gasteiger partial charge in [-0.15, -0.1) is 0 Å². The molecule has 0 saturated carbocycles. The molecular weight excluding hydrogens is 316 g/mol. The monoisotopic (exact) mass is 332 g/mol. The van der Waals surface area contributed by atoms with Crippen molar-refractivity contribution in [3.8, 4) is 0 Å². The summed E-state index contributed by atoms with van der Waals surface area (Å²) in [4.78, 5) is 4.20. The van der Waals surface area contributed by atoms with E-state index in [2.05, 4.69) is 20.9 Å². The summed E-state index contributed by atoms with van der Waals surface area (Å²) in [6.45, 7) is 3.94. The minimum Gasteiger partial charge on any atom is -0.262 e. The molecule has 0 aromatic carbocycles. The van der Waals surface area contributed by atoms with Crippen LogP contribution < -0.4 is 0 Å². The van der Waals surface area contributed by atoms with Crippen molar-refractivity contribution in [2.24, 2.45) is 0 Å². The van der Waals surface area contributed by atoms with Crippen molar-refractivity contribution >= 4 is 26.0 Å². The van der Waals surface area contributed by atoms with Gasteiger partial charge in [-0.2, -0.15) is 4.31 Å². The van der Waals surface area contributed by atoms with E-state index in [4.69, 9.17) is 0 Å². The second-order valence-corrected chi connectivity index (χ2v) is 7.56. The molecule has 0 unspecified atom stereocenters. The molecule has 1 aromatic rings. The molecule has 1 aliphatic rings. The highest BCUT2D eigenvalue weighted by molar-refractivity contribution is 9.10. The van der Waals surface area contributed by atoms with E-state index < -0.39 is 10.0 Å². The van der Waals surface area contributed by atoms with Crippen LogP contribution in [0.1, 0.15) is 33.1 Å². The van der Waals surface area contributed by atoms with E-state index >= 15 is 0 Å². The van der Waals surface area contributed by atoms with Crippen LogP contribution in [-0.4, -0.2) is 29.8 Å². The number of nitrogens with zero attached hydrogens (tertiary/aromatic N) is 2. The van der Waals surface area contributed by atoms with Crippen molar-refractivity contribution in [2.45, 2.75) is 50.1 Å². The Morgan fingerprint density at radius 3 is 2.44 bits per heavy atom. The number of hydrogen-bond donors (Lipinski definition) is 0. The van der Waals surface area contributed by atoms with Crippen molar-refractivity contribution < 1.29 is 8.42 Å². The van der Waals surface area contributed by atoms with Crippen LogP contribution in [0.25, 0.3) is 0 Å². The van der Waals surface area contributed by atoms with E-state index in [0.29, 0.717) is 4.47 Å². The molecule has 100 valence electrons. The zero-order valence-corrected chi connectivity index (χ0v) is 12.9. The summed E-state index contributed by atoms with van der Waals surface area (Å²) in [6.07, 6.45) is 5.93. The van der Waals surface area contributed by atoms with Gasteiger partial charge in [0.05, 0.1) is 0 Å².